The van der Waals surface area contributed by atoms with Crippen molar-refractivity contribution in [2.45, 2.75) is 13.0 Å². The molecule has 0 fully saturated rings. The number of anilines is 1. The third-order valence-corrected chi connectivity index (χ3v) is 2.17. The summed E-state index contributed by atoms with van der Waals surface area (Å²) in [6, 6.07) is 4.26. The van der Waals surface area contributed by atoms with Gasteiger partial charge in [-0.2, -0.15) is 4.98 Å². The maximum Gasteiger partial charge on any atom is 0.296 e. The molecule has 0 amide bonds. The van der Waals surface area contributed by atoms with E-state index in [2.05, 4.69) is 16.2 Å². The third kappa shape index (κ3) is 2.18. The molecule has 1 atom stereocenters. The number of rotatable bonds is 3. The van der Waals surface area contributed by atoms with Gasteiger partial charge in [-0.05, 0) is 13.0 Å². The van der Waals surface area contributed by atoms with E-state index < -0.39 is 4.92 Å². The number of non-ortho nitro benzene ring substituents is 1. The van der Waals surface area contributed by atoms with Crippen molar-refractivity contribution in [2.75, 3.05) is 5.32 Å². The highest BCUT2D eigenvalue weighted by Crippen LogP contribution is 2.23. The maximum atomic E-state index is 10.6. The molecular weight excluding hydrogens is 222 g/mol. The topological polar surface area (TPSA) is 81.2 Å². The maximum absolute atomic E-state index is 10.6. The van der Waals surface area contributed by atoms with Crippen LogP contribution in [-0.2, 0) is 0 Å². The van der Waals surface area contributed by atoms with Gasteiger partial charge in [-0.1, -0.05) is 5.92 Å². The fourth-order valence-corrected chi connectivity index (χ4v) is 1.32. The first-order chi connectivity index (χ1) is 8.10. The molecule has 0 spiro atoms. The molecule has 1 heterocycles. The molecule has 0 aliphatic heterocycles. The van der Waals surface area contributed by atoms with Crippen LogP contribution in [-0.4, -0.2) is 15.9 Å². The number of hydrogen-bond donors (Lipinski definition) is 1. The molecule has 6 nitrogen and oxygen atoms in total. The van der Waals surface area contributed by atoms with Crippen molar-refractivity contribution in [2.24, 2.45) is 0 Å². The zero-order chi connectivity index (χ0) is 12.4. The summed E-state index contributed by atoms with van der Waals surface area (Å²) in [4.78, 5) is 14.2. The summed E-state index contributed by atoms with van der Waals surface area (Å²) in [6.07, 6.45) is 5.21. The van der Waals surface area contributed by atoms with Crippen molar-refractivity contribution >= 4 is 22.8 Å². The Morgan fingerprint density at radius 2 is 2.41 bits per heavy atom. The van der Waals surface area contributed by atoms with Crippen molar-refractivity contribution in [1.82, 2.24) is 4.98 Å². The Hall–Kier alpha value is -2.55. The number of nitro groups is 1. The lowest BCUT2D eigenvalue weighted by Gasteiger charge is -2.02. The number of nitrogens with zero attached hydrogens (tertiary/aromatic N) is 2. The predicted molar refractivity (Wildman–Crippen MR) is 62.6 cm³/mol. The first-order valence-corrected chi connectivity index (χ1v) is 4.88. The van der Waals surface area contributed by atoms with E-state index in [0.29, 0.717) is 11.1 Å². The average molecular weight is 231 g/mol. The molecule has 86 valence electrons. The molecule has 0 aliphatic carbocycles. The van der Waals surface area contributed by atoms with Gasteiger partial charge in [-0.15, -0.1) is 6.42 Å². The Morgan fingerprint density at radius 3 is 3.06 bits per heavy atom. The summed E-state index contributed by atoms with van der Waals surface area (Å²) in [6.45, 7) is 1.78. The molecule has 0 aliphatic rings. The van der Waals surface area contributed by atoms with E-state index in [1.54, 1.807) is 6.92 Å². The Kier molecular flexibility index (Phi) is 2.66. The molecule has 2 aromatic rings. The molecule has 17 heavy (non-hydrogen) atoms. The number of nitrogens with one attached hydrogen (secondary N) is 1. The van der Waals surface area contributed by atoms with E-state index in [9.17, 15) is 10.1 Å². The van der Waals surface area contributed by atoms with Crippen molar-refractivity contribution in [3.63, 3.8) is 0 Å². The highest BCUT2D eigenvalue weighted by Gasteiger charge is 2.12. The first-order valence-electron chi connectivity index (χ1n) is 4.88. The second-order valence-electron chi connectivity index (χ2n) is 3.46. The smallest absolute Gasteiger partial charge is 0.296 e. The monoisotopic (exact) mass is 231 g/mol. The SMILES string of the molecule is C#CC(C)Nc1nc2ccc([N+](=O)[O-])cc2o1. The molecular formula is C11H9N3O3. The van der Waals surface area contributed by atoms with Crippen LogP contribution in [0.3, 0.4) is 0 Å². The molecule has 0 saturated carbocycles. The molecule has 1 aromatic carbocycles. The van der Waals surface area contributed by atoms with E-state index in [1.165, 1.54) is 18.2 Å². The van der Waals surface area contributed by atoms with Gasteiger partial charge in [0.15, 0.2) is 5.58 Å². The highest BCUT2D eigenvalue weighted by molar-refractivity contribution is 5.77. The Balaban J connectivity index is 2.37. The van der Waals surface area contributed by atoms with Gasteiger partial charge in [-0.25, -0.2) is 0 Å². The lowest BCUT2D eigenvalue weighted by Crippen LogP contribution is -2.11. The number of benzene rings is 1. The molecule has 1 aromatic heterocycles. The van der Waals surface area contributed by atoms with Gasteiger partial charge in [0.25, 0.3) is 11.7 Å². The fourth-order valence-electron chi connectivity index (χ4n) is 1.32. The zero-order valence-corrected chi connectivity index (χ0v) is 9.01. The standard InChI is InChI=1S/C11H9N3O3/c1-3-7(2)12-11-13-9-5-4-8(14(15)16)6-10(9)17-11/h1,4-7H,2H3,(H,12,13). The van der Waals surface area contributed by atoms with E-state index in [-0.39, 0.29) is 17.7 Å². The number of terminal acetylenes is 1. The Bertz CT molecular complexity index is 612. The van der Waals surface area contributed by atoms with Crippen LogP contribution in [0.2, 0.25) is 0 Å². The van der Waals surface area contributed by atoms with Gasteiger partial charge < -0.3 is 9.73 Å². The summed E-state index contributed by atoms with van der Waals surface area (Å²) in [5.41, 5.74) is 0.860. The summed E-state index contributed by atoms with van der Waals surface area (Å²) < 4.78 is 5.31. The molecule has 0 saturated heterocycles. The van der Waals surface area contributed by atoms with Crippen LogP contribution in [0.5, 0.6) is 0 Å². The fraction of sp³-hybridized carbons (Fsp3) is 0.182. The zero-order valence-electron chi connectivity index (χ0n) is 9.01. The molecule has 1 N–H and O–H groups in total. The van der Waals surface area contributed by atoms with Gasteiger partial charge in [0.1, 0.15) is 5.52 Å². The van der Waals surface area contributed by atoms with E-state index >= 15 is 0 Å². The molecule has 2 rings (SSSR count). The normalized spacial score (nSPS) is 12.0. The van der Waals surface area contributed by atoms with Crippen molar-refractivity contribution in [3.8, 4) is 12.3 Å². The van der Waals surface area contributed by atoms with Gasteiger partial charge >= 0.3 is 0 Å². The van der Waals surface area contributed by atoms with Crippen LogP contribution in [0, 0.1) is 22.5 Å². The average Bonchev–Trinajstić information content (AvgIpc) is 2.69. The van der Waals surface area contributed by atoms with Crippen LogP contribution in [0.1, 0.15) is 6.92 Å². The van der Waals surface area contributed by atoms with E-state index in [0.717, 1.165) is 0 Å². The van der Waals surface area contributed by atoms with Crippen LogP contribution >= 0.6 is 0 Å². The largest absolute Gasteiger partial charge is 0.423 e. The van der Waals surface area contributed by atoms with E-state index in [1.807, 2.05) is 0 Å². The molecule has 6 heteroatoms. The van der Waals surface area contributed by atoms with Crippen molar-refractivity contribution in [1.29, 1.82) is 0 Å². The third-order valence-electron chi connectivity index (χ3n) is 2.17. The number of nitro benzene ring substituents is 1. The van der Waals surface area contributed by atoms with Gasteiger partial charge in [-0.3, -0.25) is 10.1 Å². The minimum atomic E-state index is -0.487. The van der Waals surface area contributed by atoms with E-state index in [4.69, 9.17) is 10.8 Å². The lowest BCUT2D eigenvalue weighted by molar-refractivity contribution is -0.384. The van der Waals surface area contributed by atoms with Crippen molar-refractivity contribution < 1.29 is 9.34 Å². The van der Waals surface area contributed by atoms with Crippen LogP contribution < -0.4 is 5.32 Å². The second-order valence-corrected chi connectivity index (χ2v) is 3.46. The molecule has 1 unspecified atom stereocenters. The number of aromatic nitrogens is 1. The number of fused-ring (bicyclic) bond motifs is 1. The van der Waals surface area contributed by atoms with Crippen LogP contribution in [0.25, 0.3) is 11.1 Å². The van der Waals surface area contributed by atoms with Crippen LogP contribution in [0.4, 0.5) is 11.7 Å². The number of oxazole rings is 1. The van der Waals surface area contributed by atoms with Gasteiger partial charge in [0, 0.05) is 6.07 Å². The summed E-state index contributed by atoms with van der Waals surface area (Å²) in [5.74, 6) is 2.47. The highest BCUT2D eigenvalue weighted by atomic mass is 16.6. The summed E-state index contributed by atoms with van der Waals surface area (Å²) in [5, 5.41) is 13.4. The predicted octanol–water partition coefficient (Wildman–Crippen LogP) is 2.17. The molecule has 0 bridgehead atoms. The minimum absolute atomic E-state index is 0.0369. The summed E-state index contributed by atoms with van der Waals surface area (Å²) in [7, 11) is 0. The number of hydrogen-bond acceptors (Lipinski definition) is 5. The summed E-state index contributed by atoms with van der Waals surface area (Å²) >= 11 is 0. The van der Waals surface area contributed by atoms with Gasteiger partial charge in [0.2, 0.25) is 0 Å². The first kappa shape index (κ1) is 11.0. The Morgan fingerprint density at radius 1 is 1.65 bits per heavy atom. The quantitative estimate of drug-likeness (QED) is 0.497. The van der Waals surface area contributed by atoms with Gasteiger partial charge in [0.05, 0.1) is 17.0 Å². The Labute approximate surface area is 96.8 Å². The minimum Gasteiger partial charge on any atom is -0.423 e. The lowest BCUT2D eigenvalue weighted by atomic mass is 10.3. The van der Waals surface area contributed by atoms with Crippen molar-refractivity contribution in [3.05, 3.63) is 28.3 Å². The second kappa shape index (κ2) is 4.14. The molecule has 0 radical (unpaired) electrons. The van der Waals surface area contributed by atoms with Crippen LogP contribution in [0.15, 0.2) is 22.6 Å².